The number of likely N-dealkylation sites (tertiary alicyclic amines) is 1. The topological polar surface area (TPSA) is 74.6 Å². The van der Waals surface area contributed by atoms with E-state index in [1.165, 1.54) is 0 Å². The van der Waals surface area contributed by atoms with Crippen LogP contribution in [0.25, 0.3) is 0 Å². The maximum Gasteiger partial charge on any atom is 0.227 e. The molecule has 0 radical (unpaired) electrons. The van der Waals surface area contributed by atoms with Crippen molar-refractivity contribution in [3.8, 4) is 0 Å². The van der Waals surface area contributed by atoms with Crippen molar-refractivity contribution in [2.24, 2.45) is 16.8 Å². The molecule has 3 rings (SSSR count). The fourth-order valence-corrected chi connectivity index (χ4v) is 3.89. The first-order valence-corrected chi connectivity index (χ1v) is 11.4. The van der Waals surface area contributed by atoms with E-state index in [1.807, 2.05) is 50.8 Å². The standard InChI is InChI=1S/C24H36N6O/c1-5-18(3)23(31)28-21-9-7-8-20(14-21)15-27-24(26-6-2)29-12-10-19(4)22(16-29)30-13-11-25-17-30/h7-9,11,13-14,17-19,22H,5-6,10,12,15-16H2,1-4H3,(H,26,27)(H,28,31). The van der Waals surface area contributed by atoms with Crippen LogP contribution in [0.1, 0.15) is 52.1 Å². The highest BCUT2D eigenvalue weighted by Gasteiger charge is 2.28. The van der Waals surface area contributed by atoms with E-state index in [2.05, 4.69) is 45.0 Å². The van der Waals surface area contributed by atoms with Gasteiger partial charge in [-0.3, -0.25) is 4.79 Å². The number of hydrogen-bond donors (Lipinski definition) is 2. The fourth-order valence-electron chi connectivity index (χ4n) is 3.89. The summed E-state index contributed by atoms with van der Waals surface area (Å²) < 4.78 is 2.21. The van der Waals surface area contributed by atoms with E-state index in [-0.39, 0.29) is 11.8 Å². The van der Waals surface area contributed by atoms with Crippen LogP contribution in [0.4, 0.5) is 5.69 Å². The second-order valence-electron chi connectivity index (χ2n) is 8.46. The van der Waals surface area contributed by atoms with E-state index >= 15 is 0 Å². The third kappa shape index (κ3) is 6.09. The van der Waals surface area contributed by atoms with Gasteiger partial charge in [-0.25, -0.2) is 9.98 Å². The number of imidazole rings is 1. The van der Waals surface area contributed by atoms with Gasteiger partial charge >= 0.3 is 0 Å². The zero-order valence-electron chi connectivity index (χ0n) is 19.2. The summed E-state index contributed by atoms with van der Waals surface area (Å²) in [5.41, 5.74) is 1.91. The van der Waals surface area contributed by atoms with E-state index in [0.29, 0.717) is 18.5 Å². The molecule has 0 bridgehead atoms. The van der Waals surface area contributed by atoms with Gasteiger partial charge in [-0.05, 0) is 43.4 Å². The molecule has 1 fully saturated rings. The minimum absolute atomic E-state index is 0.00645. The van der Waals surface area contributed by atoms with Crippen molar-refractivity contribution in [3.05, 3.63) is 48.5 Å². The normalized spacial score (nSPS) is 20.4. The van der Waals surface area contributed by atoms with Crippen LogP contribution in [0.15, 0.2) is 48.0 Å². The third-order valence-corrected chi connectivity index (χ3v) is 6.13. The quantitative estimate of drug-likeness (QED) is 0.522. The molecule has 1 aliphatic heterocycles. The van der Waals surface area contributed by atoms with Crippen LogP contribution in [0.2, 0.25) is 0 Å². The maximum absolute atomic E-state index is 12.2. The molecule has 2 N–H and O–H groups in total. The molecule has 0 saturated carbocycles. The average molecular weight is 425 g/mol. The number of amides is 1. The Kier molecular flexibility index (Phi) is 8.09. The van der Waals surface area contributed by atoms with E-state index < -0.39 is 0 Å². The van der Waals surface area contributed by atoms with Crippen LogP contribution in [-0.4, -0.2) is 46.0 Å². The van der Waals surface area contributed by atoms with Crippen LogP contribution in [-0.2, 0) is 11.3 Å². The molecule has 31 heavy (non-hydrogen) atoms. The van der Waals surface area contributed by atoms with Gasteiger partial charge in [0.25, 0.3) is 0 Å². The van der Waals surface area contributed by atoms with Gasteiger partial charge in [0.2, 0.25) is 5.91 Å². The number of hydrogen-bond acceptors (Lipinski definition) is 3. The maximum atomic E-state index is 12.2. The molecule has 7 nitrogen and oxygen atoms in total. The number of aromatic nitrogens is 2. The lowest BCUT2D eigenvalue weighted by Crippen LogP contribution is -2.49. The first-order chi connectivity index (χ1) is 15.0. The summed E-state index contributed by atoms with van der Waals surface area (Å²) in [5.74, 6) is 1.60. The molecule has 3 unspecified atom stereocenters. The lowest BCUT2D eigenvalue weighted by molar-refractivity contribution is -0.119. The van der Waals surface area contributed by atoms with Gasteiger partial charge in [-0.2, -0.15) is 0 Å². The largest absolute Gasteiger partial charge is 0.357 e. The number of carbonyl (C=O) groups is 1. The molecule has 1 aromatic carbocycles. The number of anilines is 1. The highest BCUT2D eigenvalue weighted by atomic mass is 16.1. The van der Waals surface area contributed by atoms with E-state index in [0.717, 1.165) is 49.7 Å². The van der Waals surface area contributed by atoms with Gasteiger partial charge in [0.15, 0.2) is 5.96 Å². The van der Waals surface area contributed by atoms with Gasteiger partial charge in [0, 0.05) is 43.6 Å². The Labute approximate surface area is 186 Å². The molecule has 2 aromatic rings. The van der Waals surface area contributed by atoms with Crippen molar-refractivity contribution in [1.82, 2.24) is 19.8 Å². The summed E-state index contributed by atoms with van der Waals surface area (Å²) in [6.45, 7) is 11.7. The third-order valence-electron chi connectivity index (χ3n) is 6.13. The van der Waals surface area contributed by atoms with Crippen molar-refractivity contribution < 1.29 is 4.79 Å². The zero-order chi connectivity index (χ0) is 22.2. The van der Waals surface area contributed by atoms with E-state index in [1.54, 1.807) is 0 Å². The van der Waals surface area contributed by atoms with Crippen LogP contribution in [0.3, 0.4) is 0 Å². The Morgan fingerprint density at radius 3 is 2.90 bits per heavy atom. The van der Waals surface area contributed by atoms with Crippen LogP contribution >= 0.6 is 0 Å². The Morgan fingerprint density at radius 1 is 1.35 bits per heavy atom. The number of carbonyl (C=O) groups excluding carboxylic acids is 1. The smallest absolute Gasteiger partial charge is 0.227 e. The minimum Gasteiger partial charge on any atom is -0.357 e. The molecule has 1 aromatic heterocycles. The number of nitrogens with one attached hydrogen (secondary N) is 2. The summed E-state index contributed by atoms with van der Waals surface area (Å²) in [5, 5.41) is 6.47. The molecule has 2 heterocycles. The Morgan fingerprint density at radius 2 is 2.19 bits per heavy atom. The van der Waals surface area contributed by atoms with Crippen LogP contribution < -0.4 is 10.6 Å². The molecular formula is C24H36N6O. The Hall–Kier alpha value is -2.83. The number of aliphatic imine (C=N–C) groups is 1. The number of guanidine groups is 1. The van der Waals surface area contributed by atoms with E-state index in [4.69, 9.17) is 4.99 Å². The predicted octanol–water partition coefficient (Wildman–Crippen LogP) is 3.92. The van der Waals surface area contributed by atoms with Crippen LogP contribution in [0, 0.1) is 11.8 Å². The molecule has 0 spiro atoms. The Balaban J connectivity index is 1.70. The number of benzene rings is 1. The van der Waals surface area contributed by atoms with Crippen molar-refractivity contribution in [2.45, 2.75) is 53.1 Å². The SMILES string of the molecule is CCNC(=NCc1cccc(NC(=O)C(C)CC)c1)N1CCC(C)C(n2ccnc2)C1. The number of nitrogens with zero attached hydrogens (tertiary/aromatic N) is 4. The van der Waals surface area contributed by atoms with Crippen molar-refractivity contribution in [2.75, 3.05) is 25.0 Å². The summed E-state index contributed by atoms with van der Waals surface area (Å²) in [6.07, 6.45) is 7.75. The van der Waals surface area contributed by atoms with E-state index in [9.17, 15) is 4.79 Å². The summed E-state index contributed by atoms with van der Waals surface area (Å²) in [6, 6.07) is 8.36. The van der Waals surface area contributed by atoms with Gasteiger partial charge in [-0.15, -0.1) is 0 Å². The first kappa shape index (κ1) is 22.8. The van der Waals surface area contributed by atoms with Gasteiger partial charge in [0.1, 0.15) is 0 Å². The van der Waals surface area contributed by atoms with Crippen molar-refractivity contribution >= 4 is 17.6 Å². The molecule has 1 aliphatic rings. The van der Waals surface area contributed by atoms with Crippen LogP contribution in [0.5, 0.6) is 0 Å². The lowest BCUT2D eigenvalue weighted by Gasteiger charge is -2.39. The summed E-state index contributed by atoms with van der Waals surface area (Å²) >= 11 is 0. The first-order valence-electron chi connectivity index (χ1n) is 11.4. The molecule has 0 aliphatic carbocycles. The summed E-state index contributed by atoms with van der Waals surface area (Å²) in [7, 11) is 0. The average Bonchev–Trinajstić information content (AvgIpc) is 3.31. The van der Waals surface area contributed by atoms with Crippen molar-refractivity contribution in [1.29, 1.82) is 0 Å². The second kappa shape index (κ2) is 11.0. The molecule has 3 atom stereocenters. The Bertz CT molecular complexity index is 863. The lowest BCUT2D eigenvalue weighted by atomic mass is 9.93. The number of rotatable bonds is 7. The zero-order valence-corrected chi connectivity index (χ0v) is 19.2. The van der Waals surface area contributed by atoms with Gasteiger partial charge in [-0.1, -0.05) is 32.9 Å². The monoisotopic (exact) mass is 424 g/mol. The molecule has 1 amide bonds. The molecule has 7 heteroatoms. The fraction of sp³-hybridized carbons (Fsp3) is 0.542. The highest BCUT2D eigenvalue weighted by Crippen LogP contribution is 2.27. The number of piperidine rings is 1. The van der Waals surface area contributed by atoms with Crippen molar-refractivity contribution in [3.63, 3.8) is 0 Å². The predicted molar refractivity (Wildman–Crippen MR) is 126 cm³/mol. The molecule has 168 valence electrons. The van der Waals surface area contributed by atoms with Gasteiger partial charge < -0.3 is 20.1 Å². The summed E-state index contributed by atoms with van der Waals surface area (Å²) in [4.78, 5) is 23.7. The molecular weight excluding hydrogens is 388 g/mol. The second-order valence-corrected chi connectivity index (χ2v) is 8.46. The highest BCUT2D eigenvalue weighted by molar-refractivity contribution is 5.92. The van der Waals surface area contributed by atoms with Gasteiger partial charge in [0.05, 0.1) is 18.9 Å². The minimum atomic E-state index is 0.00645. The molecule has 1 saturated heterocycles.